The highest BCUT2D eigenvalue weighted by Crippen LogP contribution is 2.16. The first-order valence-corrected chi connectivity index (χ1v) is 6.38. The summed E-state index contributed by atoms with van der Waals surface area (Å²) in [4.78, 5) is 24.9. The fourth-order valence-corrected chi connectivity index (χ4v) is 2.42. The number of nitrogens with zero attached hydrogens (tertiary/aromatic N) is 1. The third-order valence-corrected chi connectivity index (χ3v) is 3.49. The van der Waals surface area contributed by atoms with E-state index in [1.807, 2.05) is 5.38 Å². The van der Waals surface area contributed by atoms with Gasteiger partial charge in [-0.2, -0.15) is 11.3 Å². The summed E-state index contributed by atoms with van der Waals surface area (Å²) in [6, 6.07) is 1.75. The number of anilines is 1. The highest BCUT2D eigenvalue weighted by molar-refractivity contribution is 7.08. The molecular weight excluding hydrogens is 240 g/mol. The second-order valence-electron chi connectivity index (χ2n) is 4.05. The van der Waals surface area contributed by atoms with Gasteiger partial charge < -0.3 is 15.3 Å². The molecule has 17 heavy (non-hydrogen) atoms. The van der Waals surface area contributed by atoms with Crippen LogP contribution in [0.25, 0.3) is 0 Å². The molecular formula is C11H14N2O3S. The number of thiophene rings is 1. The van der Waals surface area contributed by atoms with Gasteiger partial charge in [0.25, 0.3) is 0 Å². The summed E-state index contributed by atoms with van der Waals surface area (Å²) >= 11 is 1.46. The van der Waals surface area contributed by atoms with E-state index in [0.29, 0.717) is 18.8 Å². The van der Waals surface area contributed by atoms with E-state index in [2.05, 4.69) is 5.32 Å². The summed E-state index contributed by atoms with van der Waals surface area (Å²) in [6.07, 6.45) is 0.758. The second-order valence-corrected chi connectivity index (χ2v) is 4.83. The van der Waals surface area contributed by atoms with Crippen LogP contribution in [0.15, 0.2) is 16.8 Å². The molecule has 0 saturated carbocycles. The van der Waals surface area contributed by atoms with Crippen LogP contribution in [0.4, 0.5) is 5.69 Å². The molecule has 1 aliphatic rings. The van der Waals surface area contributed by atoms with E-state index >= 15 is 0 Å². The lowest BCUT2D eigenvalue weighted by Crippen LogP contribution is -2.38. The molecule has 2 rings (SSSR count). The molecule has 92 valence electrons. The largest absolute Gasteiger partial charge is 0.396 e. The Hall–Kier alpha value is -1.40. The van der Waals surface area contributed by atoms with Gasteiger partial charge in [-0.25, -0.2) is 0 Å². The van der Waals surface area contributed by atoms with Crippen LogP contribution in [0, 0.1) is 5.92 Å². The molecule has 1 aromatic heterocycles. The average molecular weight is 254 g/mol. The smallest absolute Gasteiger partial charge is 0.313 e. The molecule has 5 nitrogen and oxygen atoms in total. The van der Waals surface area contributed by atoms with Crippen LogP contribution in [0.1, 0.15) is 6.42 Å². The predicted molar refractivity (Wildman–Crippen MR) is 64.7 cm³/mol. The van der Waals surface area contributed by atoms with Crippen molar-refractivity contribution >= 4 is 28.8 Å². The molecule has 0 radical (unpaired) electrons. The third kappa shape index (κ3) is 2.83. The number of aliphatic hydroxyl groups is 1. The highest BCUT2D eigenvalue weighted by atomic mass is 32.1. The molecule has 0 aromatic carbocycles. The molecule has 2 heterocycles. The zero-order valence-corrected chi connectivity index (χ0v) is 10.1. The van der Waals surface area contributed by atoms with E-state index in [1.54, 1.807) is 11.4 Å². The van der Waals surface area contributed by atoms with Gasteiger partial charge in [-0.3, -0.25) is 9.59 Å². The zero-order chi connectivity index (χ0) is 12.3. The van der Waals surface area contributed by atoms with E-state index in [0.717, 1.165) is 6.42 Å². The number of carbonyl (C=O) groups excluding carboxylic acids is 2. The van der Waals surface area contributed by atoms with Gasteiger partial charge in [0.1, 0.15) is 0 Å². The van der Waals surface area contributed by atoms with Crippen molar-refractivity contribution < 1.29 is 14.7 Å². The minimum absolute atomic E-state index is 0.0654. The number of hydrogen-bond acceptors (Lipinski definition) is 4. The molecule has 2 amide bonds. The van der Waals surface area contributed by atoms with Crippen molar-refractivity contribution in [1.82, 2.24) is 4.90 Å². The first kappa shape index (κ1) is 12.1. The van der Waals surface area contributed by atoms with Crippen LogP contribution in [0.2, 0.25) is 0 Å². The van der Waals surface area contributed by atoms with Gasteiger partial charge in [-0.05, 0) is 17.9 Å². The average Bonchev–Trinajstić information content (AvgIpc) is 2.98. The molecule has 1 atom stereocenters. The first-order valence-electron chi connectivity index (χ1n) is 5.44. The summed E-state index contributed by atoms with van der Waals surface area (Å²) in [5, 5.41) is 15.1. The van der Waals surface area contributed by atoms with Gasteiger partial charge in [-0.15, -0.1) is 0 Å². The highest BCUT2D eigenvalue weighted by Gasteiger charge is 2.29. The Morgan fingerprint density at radius 2 is 2.41 bits per heavy atom. The molecule has 6 heteroatoms. The Morgan fingerprint density at radius 1 is 1.59 bits per heavy atom. The Balaban J connectivity index is 1.90. The van der Waals surface area contributed by atoms with Crippen LogP contribution < -0.4 is 5.32 Å². The minimum atomic E-state index is -0.609. The lowest BCUT2D eigenvalue weighted by Gasteiger charge is -2.15. The molecule has 1 aromatic rings. The molecule has 0 spiro atoms. The van der Waals surface area contributed by atoms with Crippen molar-refractivity contribution in [2.45, 2.75) is 6.42 Å². The molecule has 0 bridgehead atoms. The maximum atomic E-state index is 11.8. The molecule has 1 unspecified atom stereocenters. The number of hydrogen-bond donors (Lipinski definition) is 2. The fraction of sp³-hybridized carbons (Fsp3) is 0.455. The van der Waals surface area contributed by atoms with Gasteiger partial charge in [-0.1, -0.05) is 0 Å². The van der Waals surface area contributed by atoms with Crippen LogP contribution in [0.3, 0.4) is 0 Å². The maximum Gasteiger partial charge on any atom is 0.313 e. The van der Waals surface area contributed by atoms with Crippen molar-refractivity contribution in [3.05, 3.63) is 16.8 Å². The van der Waals surface area contributed by atoms with E-state index in [1.165, 1.54) is 16.2 Å². The monoisotopic (exact) mass is 254 g/mol. The van der Waals surface area contributed by atoms with Crippen molar-refractivity contribution in [2.75, 3.05) is 25.0 Å². The Morgan fingerprint density at radius 3 is 3.00 bits per heavy atom. The van der Waals surface area contributed by atoms with Gasteiger partial charge in [0.2, 0.25) is 0 Å². The number of amides is 2. The van der Waals surface area contributed by atoms with Gasteiger partial charge in [0.05, 0.1) is 5.69 Å². The zero-order valence-electron chi connectivity index (χ0n) is 9.26. The van der Waals surface area contributed by atoms with Crippen molar-refractivity contribution in [3.63, 3.8) is 0 Å². The van der Waals surface area contributed by atoms with Crippen molar-refractivity contribution in [1.29, 1.82) is 0 Å². The SMILES string of the molecule is O=C(Nc1ccsc1)C(=O)N1CCC(CO)C1. The first-order chi connectivity index (χ1) is 8.20. The van der Waals surface area contributed by atoms with E-state index in [-0.39, 0.29) is 12.5 Å². The summed E-state index contributed by atoms with van der Waals surface area (Å²) in [5.41, 5.74) is 0.645. The van der Waals surface area contributed by atoms with Gasteiger partial charge in [0.15, 0.2) is 0 Å². The number of rotatable bonds is 2. The second kappa shape index (κ2) is 5.29. The lowest BCUT2D eigenvalue weighted by molar-refractivity contribution is -0.142. The third-order valence-electron chi connectivity index (χ3n) is 2.80. The summed E-state index contributed by atoms with van der Waals surface area (Å²) in [7, 11) is 0. The maximum absolute atomic E-state index is 11.8. The number of carbonyl (C=O) groups is 2. The Kier molecular flexibility index (Phi) is 3.75. The number of nitrogens with one attached hydrogen (secondary N) is 1. The van der Waals surface area contributed by atoms with Crippen molar-refractivity contribution in [2.24, 2.45) is 5.92 Å². The molecule has 1 aliphatic heterocycles. The quantitative estimate of drug-likeness (QED) is 0.756. The van der Waals surface area contributed by atoms with Crippen LogP contribution in [-0.4, -0.2) is 41.5 Å². The molecule has 2 N–H and O–H groups in total. The lowest BCUT2D eigenvalue weighted by atomic mass is 10.1. The van der Waals surface area contributed by atoms with Gasteiger partial charge in [0, 0.05) is 31.0 Å². The van der Waals surface area contributed by atoms with E-state index in [4.69, 9.17) is 5.11 Å². The summed E-state index contributed by atoms with van der Waals surface area (Å²) in [5.74, 6) is -1.03. The summed E-state index contributed by atoms with van der Waals surface area (Å²) < 4.78 is 0. The fourth-order valence-electron chi connectivity index (χ4n) is 1.83. The molecule has 0 aliphatic carbocycles. The van der Waals surface area contributed by atoms with E-state index < -0.39 is 11.8 Å². The van der Waals surface area contributed by atoms with Crippen LogP contribution in [0.5, 0.6) is 0 Å². The normalized spacial score (nSPS) is 19.4. The predicted octanol–water partition coefficient (Wildman–Crippen LogP) is 0.527. The van der Waals surface area contributed by atoms with Crippen LogP contribution >= 0.6 is 11.3 Å². The van der Waals surface area contributed by atoms with Gasteiger partial charge >= 0.3 is 11.8 Å². The molecule has 1 fully saturated rings. The number of likely N-dealkylation sites (tertiary alicyclic amines) is 1. The van der Waals surface area contributed by atoms with Crippen LogP contribution in [-0.2, 0) is 9.59 Å². The topological polar surface area (TPSA) is 69.6 Å². The Labute approximate surface area is 103 Å². The number of aliphatic hydroxyl groups excluding tert-OH is 1. The molecule has 1 saturated heterocycles. The Bertz CT molecular complexity index is 405. The van der Waals surface area contributed by atoms with E-state index in [9.17, 15) is 9.59 Å². The standard InChI is InChI=1S/C11H14N2O3S/c14-6-8-1-3-13(5-8)11(16)10(15)12-9-2-4-17-7-9/h2,4,7-8,14H,1,3,5-6H2,(H,12,15). The summed E-state index contributed by atoms with van der Waals surface area (Å²) in [6.45, 7) is 1.07. The minimum Gasteiger partial charge on any atom is -0.396 e. The van der Waals surface area contributed by atoms with Crippen molar-refractivity contribution in [3.8, 4) is 0 Å².